The van der Waals surface area contributed by atoms with Gasteiger partial charge >= 0.3 is 0 Å². The molecule has 1 nitrogen and oxygen atoms in total. The largest absolute Gasteiger partial charge is 0.300 e. The third-order valence-corrected chi connectivity index (χ3v) is 8.82. The number of ketones is 1. The Morgan fingerprint density at radius 1 is 0.840 bits per heavy atom. The van der Waals surface area contributed by atoms with Crippen LogP contribution in [-0.4, -0.2) is 5.78 Å². The van der Waals surface area contributed by atoms with Crippen LogP contribution in [0.4, 0.5) is 0 Å². The Morgan fingerprint density at radius 3 is 2.20 bits per heavy atom. The molecule has 6 unspecified atom stereocenters. The molecule has 4 aliphatic carbocycles. The smallest absolute Gasteiger partial charge is 0.133 e. The van der Waals surface area contributed by atoms with Gasteiger partial charge in [0.05, 0.1) is 0 Å². The lowest BCUT2D eigenvalue weighted by Crippen LogP contribution is -2.55. The molecule has 0 saturated heterocycles. The monoisotopic (exact) mass is 348 g/mol. The third kappa shape index (κ3) is 3.34. The van der Waals surface area contributed by atoms with Gasteiger partial charge in [-0.1, -0.05) is 54.9 Å². The Hall–Kier alpha value is -0.330. The summed E-state index contributed by atoms with van der Waals surface area (Å²) in [6.45, 7) is 15.5. The second kappa shape index (κ2) is 8.13. The number of hydrogen-bond donors (Lipinski definition) is 0. The number of rotatable bonds is 0. The van der Waals surface area contributed by atoms with Crippen molar-refractivity contribution in [2.75, 3.05) is 0 Å². The summed E-state index contributed by atoms with van der Waals surface area (Å²) in [7, 11) is 0. The molecule has 4 saturated carbocycles. The average Bonchev–Trinajstić information content (AvgIpc) is 3.02. The van der Waals surface area contributed by atoms with Crippen LogP contribution in [0.2, 0.25) is 0 Å². The predicted molar refractivity (Wildman–Crippen MR) is 109 cm³/mol. The quantitative estimate of drug-likeness (QED) is 0.449. The fourth-order valence-corrected chi connectivity index (χ4v) is 7.47. The van der Waals surface area contributed by atoms with Crippen molar-refractivity contribution < 1.29 is 4.79 Å². The van der Waals surface area contributed by atoms with Gasteiger partial charge in [-0.15, -0.1) is 0 Å². The van der Waals surface area contributed by atoms with Crippen molar-refractivity contribution in [3.63, 3.8) is 0 Å². The second-order valence-corrected chi connectivity index (χ2v) is 9.45. The summed E-state index contributed by atoms with van der Waals surface area (Å²) in [6.07, 6.45) is 11.9. The highest BCUT2D eigenvalue weighted by Gasteiger charge is 2.59. The van der Waals surface area contributed by atoms with Crippen LogP contribution in [0.5, 0.6) is 0 Å². The van der Waals surface area contributed by atoms with E-state index in [0.717, 1.165) is 30.6 Å². The first-order valence-corrected chi connectivity index (χ1v) is 11.5. The highest BCUT2D eigenvalue weighted by molar-refractivity contribution is 5.80. The summed E-state index contributed by atoms with van der Waals surface area (Å²) >= 11 is 0. The van der Waals surface area contributed by atoms with Crippen molar-refractivity contribution in [2.24, 2.45) is 40.4 Å². The Kier molecular flexibility index (Phi) is 6.83. The minimum absolute atomic E-state index is 0.459. The van der Waals surface area contributed by atoms with Gasteiger partial charge in [-0.25, -0.2) is 0 Å². The van der Waals surface area contributed by atoms with E-state index in [1.165, 1.54) is 44.9 Å². The van der Waals surface area contributed by atoms with E-state index in [4.69, 9.17) is 0 Å². The lowest BCUT2D eigenvalue weighted by Gasteiger charge is -2.61. The van der Waals surface area contributed by atoms with E-state index in [1.807, 2.05) is 27.7 Å². The maximum atomic E-state index is 12.1. The van der Waals surface area contributed by atoms with Gasteiger partial charge in [0.25, 0.3) is 0 Å². The SMILES string of the molecule is CC.CC.C[C@H]1CC(=O)CC2CCC3C4CCCC4(C)CCC3C21C. The molecule has 0 aromatic heterocycles. The first kappa shape index (κ1) is 21.0. The molecule has 4 aliphatic rings. The molecular formula is C24H44O. The van der Waals surface area contributed by atoms with Crippen molar-refractivity contribution >= 4 is 5.78 Å². The van der Waals surface area contributed by atoms with Gasteiger partial charge in [-0.2, -0.15) is 0 Å². The van der Waals surface area contributed by atoms with E-state index in [2.05, 4.69) is 20.8 Å². The zero-order chi connectivity index (χ0) is 18.8. The van der Waals surface area contributed by atoms with Crippen LogP contribution >= 0.6 is 0 Å². The minimum Gasteiger partial charge on any atom is -0.300 e. The van der Waals surface area contributed by atoms with Crippen molar-refractivity contribution in [3.05, 3.63) is 0 Å². The van der Waals surface area contributed by atoms with Crippen LogP contribution in [0, 0.1) is 40.4 Å². The second-order valence-electron chi connectivity index (χ2n) is 9.45. The predicted octanol–water partition coefficient (Wildman–Crippen LogP) is 7.29. The van der Waals surface area contributed by atoms with Gasteiger partial charge in [0.2, 0.25) is 0 Å². The Bertz CT molecular complexity index is 455. The fraction of sp³-hybridized carbons (Fsp3) is 0.958. The number of carbonyl (C=O) groups is 1. The van der Waals surface area contributed by atoms with Gasteiger partial charge in [0, 0.05) is 12.8 Å². The Morgan fingerprint density at radius 2 is 1.52 bits per heavy atom. The maximum Gasteiger partial charge on any atom is 0.133 e. The van der Waals surface area contributed by atoms with Crippen LogP contribution in [-0.2, 0) is 4.79 Å². The van der Waals surface area contributed by atoms with Crippen LogP contribution in [0.3, 0.4) is 0 Å². The minimum atomic E-state index is 0.459. The molecule has 146 valence electrons. The Labute approximate surface area is 157 Å². The fourth-order valence-electron chi connectivity index (χ4n) is 7.47. The summed E-state index contributed by atoms with van der Waals surface area (Å²) in [5, 5.41) is 0. The molecule has 25 heavy (non-hydrogen) atoms. The molecule has 0 radical (unpaired) electrons. The van der Waals surface area contributed by atoms with E-state index >= 15 is 0 Å². The van der Waals surface area contributed by atoms with Gasteiger partial charge in [-0.05, 0) is 78.9 Å². The summed E-state index contributed by atoms with van der Waals surface area (Å²) < 4.78 is 0. The van der Waals surface area contributed by atoms with Crippen LogP contribution in [0.25, 0.3) is 0 Å². The van der Waals surface area contributed by atoms with E-state index in [1.54, 1.807) is 0 Å². The lowest BCUT2D eigenvalue weighted by atomic mass is 9.43. The topological polar surface area (TPSA) is 17.1 Å². The molecule has 4 fully saturated rings. The van der Waals surface area contributed by atoms with Crippen LogP contribution in [0.1, 0.15) is 106 Å². The first-order chi connectivity index (χ1) is 11.9. The molecular weight excluding hydrogens is 304 g/mol. The average molecular weight is 349 g/mol. The lowest BCUT2D eigenvalue weighted by molar-refractivity contribution is -0.149. The van der Waals surface area contributed by atoms with Crippen molar-refractivity contribution in [1.29, 1.82) is 0 Å². The zero-order valence-corrected chi connectivity index (χ0v) is 18.2. The molecule has 4 rings (SSSR count). The van der Waals surface area contributed by atoms with Crippen molar-refractivity contribution in [1.82, 2.24) is 0 Å². The van der Waals surface area contributed by atoms with E-state index in [0.29, 0.717) is 28.4 Å². The molecule has 1 heteroatoms. The highest BCUT2D eigenvalue weighted by Crippen LogP contribution is 2.66. The maximum absolute atomic E-state index is 12.1. The van der Waals surface area contributed by atoms with Gasteiger partial charge in [0.1, 0.15) is 5.78 Å². The summed E-state index contributed by atoms with van der Waals surface area (Å²) in [4.78, 5) is 12.1. The molecule has 0 amide bonds. The van der Waals surface area contributed by atoms with E-state index in [9.17, 15) is 4.79 Å². The summed E-state index contributed by atoms with van der Waals surface area (Å²) in [5.41, 5.74) is 1.12. The molecule has 7 atom stereocenters. The molecule has 0 heterocycles. The Balaban J connectivity index is 0.000000528. The van der Waals surface area contributed by atoms with E-state index in [-0.39, 0.29) is 0 Å². The zero-order valence-electron chi connectivity index (χ0n) is 18.2. The van der Waals surface area contributed by atoms with Gasteiger partial charge in [-0.3, -0.25) is 4.79 Å². The first-order valence-electron chi connectivity index (χ1n) is 11.5. The number of carbonyl (C=O) groups excluding carboxylic acids is 1. The van der Waals surface area contributed by atoms with Crippen molar-refractivity contribution in [2.45, 2.75) is 106 Å². The normalized spacial score (nSPS) is 48.0. The molecule has 0 bridgehead atoms. The standard InChI is InChI=1S/C20H32O.2C2H6/c1-13-11-15(21)12-14-6-7-16-17-5-4-9-19(17,2)10-8-18(16)20(13,14)3;2*1-2/h13-14,16-18H,4-12H2,1-3H3;2*1-2H3/t13-,14?,16?,17?,18?,19?,20?;;/m0../s1. The van der Waals surface area contributed by atoms with Gasteiger partial charge < -0.3 is 0 Å². The summed E-state index contributed by atoms with van der Waals surface area (Å²) in [6, 6.07) is 0. The number of hydrogen-bond acceptors (Lipinski definition) is 1. The molecule has 0 aliphatic heterocycles. The van der Waals surface area contributed by atoms with Gasteiger partial charge in [0.15, 0.2) is 0 Å². The van der Waals surface area contributed by atoms with Crippen molar-refractivity contribution in [3.8, 4) is 0 Å². The molecule has 0 spiro atoms. The summed E-state index contributed by atoms with van der Waals surface area (Å²) in [5.74, 6) is 4.74. The molecule has 0 aromatic carbocycles. The molecule has 0 N–H and O–H groups in total. The van der Waals surface area contributed by atoms with Crippen LogP contribution < -0.4 is 0 Å². The van der Waals surface area contributed by atoms with Crippen LogP contribution in [0.15, 0.2) is 0 Å². The highest BCUT2D eigenvalue weighted by atomic mass is 16.1. The third-order valence-electron chi connectivity index (χ3n) is 8.82. The molecule has 0 aromatic rings. The number of Topliss-reactive ketones (excluding diaryl/α,β-unsaturated/α-hetero) is 1. The number of fused-ring (bicyclic) bond motifs is 5. The van der Waals surface area contributed by atoms with E-state index < -0.39 is 0 Å².